The van der Waals surface area contributed by atoms with Crippen molar-refractivity contribution in [3.8, 4) is 0 Å². The number of furan rings is 1. The molecule has 0 amide bonds. The lowest BCUT2D eigenvalue weighted by atomic mass is 9.89. The highest BCUT2D eigenvalue weighted by Crippen LogP contribution is 2.21. The Morgan fingerprint density at radius 2 is 2.16 bits per heavy atom. The number of rotatable bonds is 5. The Morgan fingerprint density at radius 3 is 2.68 bits per heavy atom. The second-order valence-electron chi connectivity index (χ2n) is 6.15. The van der Waals surface area contributed by atoms with Crippen LogP contribution in [0.5, 0.6) is 0 Å². The van der Waals surface area contributed by atoms with Gasteiger partial charge in [-0.25, -0.2) is 0 Å². The van der Waals surface area contributed by atoms with Crippen molar-refractivity contribution in [2.75, 3.05) is 7.05 Å². The molecule has 0 aliphatic carbocycles. The van der Waals surface area contributed by atoms with Crippen LogP contribution in [0.25, 0.3) is 0 Å². The maximum absolute atomic E-state index is 5.28. The minimum Gasteiger partial charge on any atom is -0.467 e. The number of hydrogen-bond donors (Lipinski definition) is 2. The SMILES string of the molecule is CN=C(NCc1ccco1)NC(C)CCC(C)(C)C. The maximum atomic E-state index is 5.28. The molecule has 1 heterocycles. The summed E-state index contributed by atoms with van der Waals surface area (Å²) >= 11 is 0. The van der Waals surface area contributed by atoms with Gasteiger partial charge in [0, 0.05) is 13.1 Å². The molecular weight excluding hydrogens is 238 g/mol. The zero-order valence-electron chi connectivity index (χ0n) is 12.8. The van der Waals surface area contributed by atoms with Crippen molar-refractivity contribution in [2.45, 2.75) is 53.1 Å². The van der Waals surface area contributed by atoms with Crippen LogP contribution in [0.4, 0.5) is 0 Å². The number of aliphatic imine (C=N–C) groups is 1. The average molecular weight is 265 g/mol. The summed E-state index contributed by atoms with van der Waals surface area (Å²) in [5.41, 5.74) is 0.376. The second-order valence-corrected chi connectivity index (χ2v) is 6.15. The van der Waals surface area contributed by atoms with E-state index in [1.54, 1.807) is 13.3 Å². The number of nitrogens with zero attached hydrogens (tertiary/aromatic N) is 1. The van der Waals surface area contributed by atoms with Gasteiger partial charge in [-0.05, 0) is 37.3 Å². The minimum absolute atomic E-state index is 0.376. The lowest BCUT2D eigenvalue weighted by Crippen LogP contribution is -2.42. The van der Waals surface area contributed by atoms with Crippen LogP contribution in [-0.4, -0.2) is 19.0 Å². The molecule has 19 heavy (non-hydrogen) atoms. The first-order chi connectivity index (χ1) is 8.90. The molecule has 0 saturated heterocycles. The monoisotopic (exact) mass is 265 g/mol. The Hall–Kier alpha value is -1.45. The summed E-state index contributed by atoms with van der Waals surface area (Å²) in [7, 11) is 1.79. The van der Waals surface area contributed by atoms with Gasteiger partial charge >= 0.3 is 0 Å². The molecule has 0 aliphatic heterocycles. The van der Waals surface area contributed by atoms with Crippen molar-refractivity contribution < 1.29 is 4.42 Å². The normalized spacial score (nSPS) is 14.3. The molecule has 0 fully saturated rings. The van der Waals surface area contributed by atoms with E-state index >= 15 is 0 Å². The first-order valence-corrected chi connectivity index (χ1v) is 6.90. The third-order valence-corrected chi connectivity index (χ3v) is 2.94. The Bertz CT molecular complexity index is 377. The Morgan fingerprint density at radius 1 is 1.42 bits per heavy atom. The van der Waals surface area contributed by atoms with E-state index in [4.69, 9.17) is 4.42 Å². The fourth-order valence-electron chi connectivity index (χ4n) is 1.73. The van der Waals surface area contributed by atoms with Crippen molar-refractivity contribution in [1.82, 2.24) is 10.6 Å². The van der Waals surface area contributed by atoms with Gasteiger partial charge in [0.05, 0.1) is 12.8 Å². The molecule has 1 atom stereocenters. The van der Waals surface area contributed by atoms with E-state index in [2.05, 4.69) is 43.3 Å². The van der Waals surface area contributed by atoms with E-state index in [0.29, 0.717) is 18.0 Å². The van der Waals surface area contributed by atoms with E-state index in [9.17, 15) is 0 Å². The molecule has 1 rings (SSSR count). The van der Waals surface area contributed by atoms with Crippen LogP contribution in [0, 0.1) is 5.41 Å². The summed E-state index contributed by atoms with van der Waals surface area (Å²) < 4.78 is 5.28. The predicted molar refractivity (Wildman–Crippen MR) is 80.2 cm³/mol. The summed E-state index contributed by atoms with van der Waals surface area (Å²) in [6, 6.07) is 4.24. The minimum atomic E-state index is 0.376. The van der Waals surface area contributed by atoms with Gasteiger partial charge in [-0.1, -0.05) is 20.8 Å². The Labute approximate surface area is 116 Å². The molecular formula is C15H27N3O. The molecule has 0 bridgehead atoms. The Kier molecular flexibility index (Phi) is 5.93. The smallest absolute Gasteiger partial charge is 0.191 e. The van der Waals surface area contributed by atoms with Crippen LogP contribution in [0.2, 0.25) is 0 Å². The molecule has 108 valence electrons. The van der Waals surface area contributed by atoms with Gasteiger partial charge in [0.25, 0.3) is 0 Å². The molecule has 0 aromatic carbocycles. The first kappa shape index (κ1) is 15.6. The van der Waals surface area contributed by atoms with E-state index in [1.807, 2.05) is 12.1 Å². The van der Waals surface area contributed by atoms with Gasteiger partial charge in [-0.3, -0.25) is 4.99 Å². The lowest BCUT2D eigenvalue weighted by molar-refractivity contribution is 0.346. The maximum Gasteiger partial charge on any atom is 0.191 e. The zero-order chi connectivity index (χ0) is 14.3. The molecule has 4 nitrogen and oxygen atoms in total. The third kappa shape index (κ3) is 6.89. The topological polar surface area (TPSA) is 49.6 Å². The van der Waals surface area contributed by atoms with Crippen LogP contribution < -0.4 is 10.6 Å². The zero-order valence-corrected chi connectivity index (χ0v) is 12.8. The molecule has 1 aromatic heterocycles. The van der Waals surface area contributed by atoms with Crippen molar-refractivity contribution in [1.29, 1.82) is 0 Å². The van der Waals surface area contributed by atoms with E-state index in [-0.39, 0.29) is 0 Å². The fraction of sp³-hybridized carbons (Fsp3) is 0.667. The molecule has 2 N–H and O–H groups in total. The summed E-state index contributed by atoms with van der Waals surface area (Å²) in [5.74, 6) is 1.73. The number of nitrogens with one attached hydrogen (secondary N) is 2. The quantitative estimate of drug-likeness (QED) is 0.635. The van der Waals surface area contributed by atoms with E-state index < -0.39 is 0 Å². The molecule has 0 radical (unpaired) electrons. The lowest BCUT2D eigenvalue weighted by Gasteiger charge is -2.22. The summed E-state index contributed by atoms with van der Waals surface area (Å²) in [6.45, 7) is 9.64. The van der Waals surface area contributed by atoms with Crippen LogP contribution in [0.15, 0.2) is 27.8 Å². The largest absolute Gasteiger partial charge is 0.467 e. The summed E-state index contributed by atoms with van der Waals surface area (Å²) in [4.78, 5) is 4.22. The highest BCUT2D eigenvalue weighted by atomic mass is 16.3. The predicted octanol–water partition coefficient (Wildman–Crippen LogP) is 3.16. The Balaban J connectivity index is 2.31. The van der Waals surface area contributed by atoms with Gasteiger partial charge in [-0.2, -0.15) is 0 Å². The molecule has 0 spiro atoms. The third-order valence-electron chi connectivity index (χ3n) is 2.94. The molecule has 4 heteroatoms. The van der Waals surface area contributed by atoms with Crippen molar-refractivity contribution in [3.63, 3.8) is 0 Å². The molecule has 1 unspecified atom stereocenters. The molecule has 1 aromatic rings. The van der Waals surface area contributed by atoms with Crippen molar-refractivity contribution >= 4 is 5.96 Å². The van der Waals surface area contributed by atoms with Gasteiger partial charge in [0.1, 0.15) is 5.76 Å². The summed E-state index contributed by atoms with van der Waals surface area (Å²) in [5, 5.41) is 6.64. The van der Waals surface area contributed by atoms with Crippen molar-refractivity contribution in [2.24, 2.45) is 10.4 Å². The van der Waals surface area contributed by atoms with Gasteiger partial charge in [0.2, 0.25) is 0 Å². The highest BCUT2D eigenvalue weighted by molar-refractivity contribution is 5.79. The second kappa shape index (κ2) is 7.22. The van der Waals surface area contributed by atoms with Gasteiger partial charge in [-0.15, -0.1) is 0 Å². The van der Waals surface area contributed by atoms with E-state index in [1.165, 1.54) is 6.42 Å². The molecule has 0 aliphatic rings. The average Bonchev–Trinajstić information content (AvgIpc) is 2.84. The fourth-order valence-corrected chi connectivity index (χ4v) is 1.73. The van der Waals surface area contributed by atoms with Crippen molar-refractivity contribution in [3.05, 3.63) is 24.2 Å². The van der Waals surface area contributed by atoms with Crippen LogP contribution in [-0.2, 0) is 6.54 Å². The molecule has 0 saturated carbocycles. The van der Waals surface area contributed by atoms with Crippen LogP contribution in [0.3, 0.4) is 0 Å². The van der Waals surface area contributed by atoms with E-state index in [0.717, 1.165) is 18.1 Å². The van der Waals surface area contributed by atoms with Crippen LogP contribution >= 0.6 is 0 Å². The number of hydrogen-bond acceptors (Lipinski definition) is 2. The summed E-state index contributed by atoms with van der Waals surface area (Å²) in [6.07, 6.45) is 4.00. The van der Waals surface area contributed by atoms with Gasteiger partial charge < -0.3 is 15.1 Å². The number of guanidine groups is 1. The van der Waals surface area contributed by atoms with Gasteiger partial charge in [0.15, 0.2) is 5.96 Å². The van der Waals surface area contributed by atoms with Crippen LogP contribution in [0.1, 0.15) is 46.3 Å². The highest BCUT2D eigenvalue weighted by Gasteiger charge is 2.13. The standard InChI is InChI=1S/C15H27N3O/c1-12(8-9-15(2,3)4)18-14(16-5)17-11-13-7-6-10-19-13/h6-7,10,12H,8-9,11H2,1-5H3,(H2,16,17,18). The first-order valence-electron chi connectivity index (χ1n) is 6.90.